The van der Waals surface area contributed by atoms with E-state index < -0.39 is 0 Å². The summed E-state index contributed by atoms with van der Waals surface area (Å²) in [5, 5.41) is 21.6. The first-order chi connectivity index (χ1) is 9.72. The lowest BCUT2D eigenvalue weighted by atomic mass is 10.2. The summed E-state index contributed by atoms with van der Waals surface area (Å²) in [6.45, 7) is 4.12. The van der Waals surface area contributed by atoms with E-state index in [-0.39, 0.29) is 27.3 Å². The Hall–Kier alpha value is -0.460. The molecule has 0 radical (unpaired) electrons. The van der Waals surface area contributed by atoms with Gasteiger partial charge in [-0.05, 0) is 34.8 Å². The molecule has 0 aromatic heterocycles. The summed E-state index contributed by atoms with van der Waals surface area (Å²) in [5.74, 6) is 0.574. The number of hydrogen-bond acceptors (Lipinski definition) is 3. The van der Waals surface area contributed by atoms with E-state index in [1.807, 2.05) is 6.08 Å². The zero-order valence-corrected chi connectivity index (χ0v) is 13.9. The number of nitrogens with one attached hydrogen (secondary N) is 1. The van der Waals surface area contributed by atoms with Crippen LogP contribution in [0, 0.1) is 5.92 Å². The molecule has 3 atom stereocenters. The van der Waals surface area contributed by atoms with Crippen LogP contribution in [-0.4, -0.2) is 37.4 Å². The maximum absolute atomic E-state index is 9.03. The van der Waals surface area contributed by atoms with Crippen LogP contribution in [0.4, 0.5) is 0 Å². The molecule has 0 aromatic rings. The highest BCUT2D eigenvalue weighted by Crippen LogP contribution is 2.33. The number of halogens is 1. The van der Waals surface area contributed by atoms with E-state index in [9.17, 15) is 0 Å². The van der Waals surface area contributed by atoms with Crippen LogP contribution in [0.25, 0.3) is 0 Å². The van der Waals surface area contributed by atoms with Crippen LogP contribution in [0.5, 0.6) is 0 Å². The van der Waals surface area contributed by atoms with Crippen LogP contribution in [-0.2, 0) is 0 Å². The van der Waals surface area contributed by atoms with Crippen LogP contribution in [0.2, 0.25) is 0 Å². The summed E-state index contributed by atoms with van der Waals surface area (Å²) in [5.41, 5.74) is 2.13. The third-order valence-electron chi connectivity index (χ3n) is 3.62. The Kier molecular flexibility index (Phi) is 6.45. The lowest BCUT2D eigenvalue weighted by Gasteiger charge is -2.08. The van der Waals surface area contributed by atoms with Crippen molar-refractivity contribution in [1.29, 1.82) is 0 Å². The van der Waals surface area contributed by atoms with Gasteiger partial charge in [-0.25, -0.2) is 0 Å². The average molecular weight is 389 g/mol. The molecule has 0 aromatic carbocycles. The van der Waals surface area contributed by atoms with Crippen molar-refractivity contribution in [2.24, 2.45) is 5.92 Å². The van der Waals surface area contributed by atoms with Crippen molar-refractivity contribution in [3.63, 3.8) is 0 Å². The van der Waals surface area contributed by atoms with E-state index in [4.69, 9.17) is 10.2 Å². The molecule has 20 heavy (non-hydrogen) atoms. The second-order valence-electron chi connectivity index (χ2n) is 5.38. The molecule has 4 heteroatoms. The third kappa shape index (κ3) is 5.14. The minimum atomic E-state index is 0.0390. The number of rotatable bonds is 7. The second kappa shape index (κ2) is 8.10. The van der Waals surface area contributed by atoms with E-state index in [0.29, 0.717) is 22.5 Å². The summed E-state index contributed by atoms with van der Waals surface area (Å²) in [6.07, 6.45) is 10.7. The van der Waals surface area contributed by atoms with Gasteiger partial charge in [0.25, 0.3) is 0 Å². The van der Waals surface area contributed by atoms with Crippen molar-refractivity contribution in [2.45, 2.75) is 35.6 Å². The van der Waals surface area contributed by atoms with Crippen molar-refractivity contribution in [2.75, 3.05) is 13.2 Å². The molecular formula is C16H24INO2. The highest BCUT2D eigenvalue weighted by molar-refractivity contribution is 14.2. The van der Waals surface area contributed by atoms with E-state index >= 15 is 0 Å². The average Bonchev–Trinajstić information content (AvgIpc) is 3.22. The standard InChI is InChI=1S/C16H24INO2/c1-12(11-20)2-3-13-10-16(13)18-15-5-4-14(7-9-19)17-8-6-15/h2-3,5,8,13-14,16,18-20H,1,4,6-7,9-11H2/b3-2-/t13?,14-,16+/m1/s1. The van der Waals surface area contributed by atoms with Gasteiger partial charge >= 0.3 is 0 Å². The fourth-order valence-electron chi connectivity index (χ4n) is 2.24. The van der Waals surface area contributed by atoms with Gasteiger partial charge in [0.15, 0.2) is 0 Å². The molecule has 0 saturated heterocycles. The van der Waals surface area contributed by atoms with Gasteiger partial charge in [0.05, 0.1) is 6.61 Å². The minimum Gasteiger partial charge on any atom is -0.396 e. The molecule has 1 heterocycles. The van der Waals surface area contributed by atoms with Crippen molar-refractivity contribution in [1.82, 2.24) is 5.32 Å². The lowest BCUT2D eigenvalue weighted by Crippen LogP contribution is -2.17. The van der Waals surface area contributed by atoms with Crippen molar-refractivity contribution < 1.29 is 10.2 Å². The molecule has 1 aliphatic carbocycles. The number of hydrogen-bond donors (Lipinski definition) is 3. The summed E-state index contributed by atoms with van der Waals surface area (Å²) in [4.78, 5) is 0. The van der Waals surface area contributed by atoms with E-state index in [2.05, 4.69) is 28.1 Å². The van der Waals surface area contributed by atoms with Gasteiger partial charge in [0.1, 0.15) is 0 Å². The molecule has 112 valence electrons. The summed E-state index contributed by atoms with van der Waals surface area (Å²) < 4.78 is 3.15. The van der Waals surface area contributed by atoms with E-state index in [1.54, 1.807) is 0 Å². The molecule has 1 fully saturated rings. The number of aliphatic hydroxyl groups is 2. The van der Waals surface area contributed by atoms with Crippen LogP contribution >= 0.6 is 20.7 Å². The van der Waals surface area contributed by atoms with Crippen LogP contribution < -0.4 is 5.32 Å². The topological polar surface area (TPSA) is 52.5 Å². The summed E-state index contributed by atoms with van der Waals surface area (Å²) in [6, 6.07) is 0.546. The highest BCUT2D eigenvalue weighted by Gasteiger charge is 2.34. The smallest absolute Gasteiger partial charge is 0.0676 e. The Morgan fingerprint density at radius 1 is 1.50 bits per heavy atom. The van der Waals surface area contributed by atoms with E-state index in [0.717, 1.165) is 24.8 Å². The first-order valence-electron chi connectivity index (χ1n) is 7.20. The Bertz CT molecular complexity index is 428. The first kappa shape index (κ1) is 15.9. The van der Waals surface area contributed by atoms with Crippen molar-refractivity contribution in [3.05, 3.63) is 36.1 Å². The highest BCUT2D eigenvalue weighted by atomic mass is 127. The lowest BCUT2D eigenvalue weighted by molar-refractivity contribution is 0.288. The number of allylic oxidation sites excluding steroid dienone is 2. The summed E-state index contributed by atoms with van der Waals surface area (Å²) in [7, 11) is 0. The van der Waals surface area contributed by atoms with Gasteiger partial charge < -0.3 is 15.5 Å². The second-order valence-corrected chi connectivity index (χ2v) is 8.75. The molecule has 1 aliphatic heterocycles. The zero-order valence-electron chi connectivity index (χ0n) is 11.8. The maximum Gasteiger partial charge on any atom is 0.0676 e. The SMILES string of the molecule is C=C(/C=C\C1C[C@@H]1NC1=CC[C@H](CCO)I=CC1)CO. The van der Waals surface area contributed by atoms with E-state index in [1.165, 1.54) is 12.1 Å². The molecule has 2 aliphatic rings. The van der Waals surface area contributed by atoms with Gasteiger partial charge in [-0.3, -0.25) is 0 Å². The van der Waals surface area contributed by atoms with Gasteiger partial charge in [-0.2, -0.15) is 0 Å². The summed E-state index contributed by atoms with van der Waals surface area (Å²) >= 11 is 0.122. The predicted molar refractivity (Wildman–Crippen MR) is 93.3 cm³/mol. The molecule has 1 unspecified atom stereocenters. The normalized spacial score (nSPS) is 29.5. The Balaban J connectivity index is 1.77. The van der Waals surface area contributed by atoms with Gasteiger partial charge in [-0.1, -0.05) is 24.8 Å². The van der Waals surface area contributed by atoms with Gasteiger partial charge in [0, 0.05) is 28.7 Å². The largest absolute Gasteiger partial charge is 0.396 e. The molecule has 0 spiro atoms. The Morgan fingerprint density at radius 2 is 2.35 bits per heavy atom. The van der Waals surface area contributed by atoms with Crippen LogP contribution in [0.15, 0.2) is 36.1 Å². The number of alkyl halides is 1. The first-order valence-corrected chi connectivity index (χ1v) is 9.69. The molecule has 0 bridgehead atoms. The van der Waals surface area contributed by atoms with Gasteiger partial charge in [-0.15, -0.1) is 20.7 Å². The zero-order chi connectivity index (χ0) is 14.4. The minimum absolute atomic E-state index is 0.0390. The molecule has 0 amide bonds. The van der Waals surface area contributed by atoms with Crippen LogP contribution in [0.3, 0.4) is 0 Å². The Labute approximate surface area is 131 Å². The van der Waals surface area contributed by atoms with Crippen molar-refractivity contribution >= 4 is 24.7 Å². The Morgan fingerprint density at radius 3 is 3.10 bits per heavy atom. The molecule has 3 nitrogen and oxygen atoms in total. The van der Waals surface area contributed by atoms with Crippen LogP contribution in [0.1, 0.15) is 25.7 Å². The van der Waals surface area contributed by atoms with Gasteiger partial charge in [0.2, 0.25) is 0 Å². The third-order valence-corrected chi connectivity index (χ3v) is 6.72. The molecule has 2 rings (SSSR count). The molecular weight excluding hydrogens is 365 g/mol. The quantitative estimate of drug-likeness (QED) is 0.356. The monoisotopic (exact) mass is 389 g/mol. The molecule has 1 saturated carbocycles. The van der Waals surface area contributed by atoms with Crippen molar-refractivity contribution in [3.8, 4) is 0 Å². The number of aliphatic hydroxyl groups excluding tert-OH is 2. The fraction of sp³-hybridized carbons (Fsp3) is 0.562. The predicted octanol–water partition coefficient (Wildman–Crippen LogP) is 2.27. The maximum atomic E-state index is 9.03. The fourth-order valence-corrected chi connectivity index (χ4v) is 4.88. The molecule has 3 N–H and O–H groups in total.